The Morgan fingerprint density at radius 1 is 0.857 bits per heavy atom. The van der Waals surface area contributed by atoms with Gasteiger partial charge in [0.1, 0.15) is 11.6 Å². The molecule has 2 N–H and O–H groups in total. The van der Waals surface area contributed by atoms with Gasteiger partial charge in [0.05, 0.1) is 5.56 Å². The van der Waals surface area contributed by atoms with Gasteiger partial charge in [0, 0.05) is 16.4 Å². The van der Waals surface area contributed by atoms with E-state index in [1.807, 2.05) is 0 Å². The molecule has 0 saturated carbocycles. The van der Waals surface area contributed by atoms with Crippen molar-refractivity contribution in [2.24, 2.45) is 0 Å². The molecular formula is C21H16ClFN2O3. The van der Waals surface area contributed by atoms with Gasteiger partial charge in [0.25, 0.3) is 11.8 Å². The van der Waals surface area contributed by atoms with Crippen molar-refractivity contribution in [1.29, 1.82) is 0 Å². The van der Waals surface area contributed by atoms with E-state index in [1.54, 1.807) is 48.5 Å². The molecule has 28 heavy (non-hydrogen) atoms. The number of amides is 2. The molecule has 2 amide bonds. The number of halogens is 2. The number of carbonyl (C=O) groups is 2. The first-order valence-electron chi connectivity index (χ1n) is 8.35. The Morgan fingerprint density at radius 2 is 1.46 bits per heavy atom. The molecule has 142 valence electrons. The molecule has 7 heteroatoms. The van der Waals surface area contributed by atoms with Crippen LogP contribution in [0.25, 0.3) is 0 Å². The van der Waals surface area contributed by atoms with Gasteiger partial charge in [-0.1, -0.05) is 23.7 Å². The standard InChI is InChI=1S/C21H16ClFN2O3/c22-14-5-9-16(10-6-14)24-20(26)13-28-19-4-2-1-3-18(19)21(27)25-17-11-7-15(23)8-12-17/h1-12H,13H2,(H,24,26)(H,25,27). The highest BCUT2D eigenvalue weighted by molar-refractivity contribution is 6.30. The van der Waals surface area contributed by atoms with Gasteiger partial charge in [0.2, 0.25) is 0 Å². The Balaban J connectivity index is 1.63. The molecule has 0 aromatic heterocycles. The van der Waals surface area contributed by atoms with Gasteiger partial charge in [-0.15, -0.1) is 0 Å². The molecule has 0 fully saturated rings. The summed E-state index contributed by atoms with van der Waals surface area (Å²) in [6.45, 7) is -0.274. The van der Waals surface area contributed by atoms with Crippen LogP contribution in [-0.2, 0) is 4.79 Å². The lowest BCUT2D eigenvalue weighted by Gasteiger charge is -2.12. The Kier molecular flexibility index (Phi) is 6.24. The highest BCUT2D eigenvalue weighted by atomic mass is 35.5. The Bertz CT molecular complexity index is 976. The zero-order chi connectivity index (χ0) is 19.9. The maximum absolute atomic E-state index is 13.0. The monoisotopic (exact) mass is 398 g/mol. The van der Waals surface area contributed by atoms with Crippen molar-refractivity contribution >= 4 is 34.8 Å². The van der Waals surface area contributed by atoms with Crippen molar-refractivity contribution in [2.75, 3.05) is 17.2 Å². The molecule has 0 heterocycles. The van der Waals surface area contributed by atoms with E-state index in [2.05, 4.69) is 10.6 Å². The van der Waals surface area contributed by atoms with Crippen LogP contribution in [0.5, 0.6) is 5.75 Å². The summed E-state index contributed by atoms with van der Waals surface area (Å²) in [6.07, 6.45) is 0. The van der Waals surface area contributed by atoms with Crippen molar-refractivity contribution in [3.8, 4) is 5.75 Å². The minimum absolute atomic E-state index is 0.256. The normalized spacial score (nSPS) is 10.2. The van der Waals surface area contributed by atoms with E-state index in [-0.39, 0.29) is 23.8 Å². The van der Waals surface area contributed by atoms with E-state index < -0.39 is 11.7 Å². The Morgan fingerprint density at radius 3 is 2.18 bits per heavy atom. The smallest absolute Gasteiger partial charge is 0.262 e. The van der Waals surface area contributed by atoms with Crippen LogP contribution in [0.1, 0.15) is 10.4 Å². The summed E-state index contributed by atoms with van der Waals surface area (Å²) in [5.41, 5.74) is 1.29. The maximum atomic E-state index is 13.0. The van der Waals surface area contributed by atoms with E-state index >= 15 is 0 Å². The Hall–Kier alpha value is -3.38. The molecule has 3 aromatic carbocycles. The molecule has 0 unspecified atom stereocenters. The lowest BCUT2D eigenvalue weighted by Crippen LogP contribution is -2.21. The molecule has 0 saturated heterocycles. The summed E-state index contributed by atoms with van der Waals surface area (Å²) in [6, 6.07) is 18.6. The second-order valence-corrected chi connectivity index (χ2v) is 6.24. The van der Waals surface area contributed by atoms with Crippen LogP contribution in [-0.4, -0.2) is 18.4 Å². The lowest BCUT2D eigenvalue weighted by atomic mass is 10.2. The molecular weight excluding hydrogens is 383 g/mol. The minimum atomic E-state index is -0.430. The summed E-state index contributed by atoms with van der Waals surface area (Å²) in [4.78, 5) is 24.6. The number of hydrogen-bond donors (Lipinski definition) is 2. The van der Waals surface area contributed by atoms with Crippen LogP contribution >= 0.6 is 11.6 Å². The molecule has 0 aliphatic heterocycles. The molecule has 3 aromatic rings. The fourth-order valence-corrected chi connectivity index (χ4v) is 2.51. The first-order valence-corrected chi connectivity index (χ1v) is 8.73. The van der Waals surface area contributed by atoms with Gasteiger partial charge in [-0.25, -0.2) is 4.39 Å². The third-order valence-corrected chi connectivity index (χ3v) is 3.97. The first kappa shape index (κ1) is 19.4. The van der Waals surface area contributed by atoms with Gasteiger partial charge < -0.3 is 15.4 Å². The van der Waals surface area contributed by atoms with Crippen molar-refractivity contribution in [1.82, 2.24) is 0 Å². The molecule has 5 nitrogen and oxygen atoms in total. The third-order valence-electron chi connectivity index (χ3n) is 3.72. The summed E-state index contributed by atoms with van der Waals surface area (Å²) < 4.78 is 18.5. The van der Waals surface area contributed by atoms with Crippen LogP contribution < -0.4 is 15.4 Å². The van der Waals surface area contributed by atoms with E-state index in [4.69, 9.17) is 16.3 Å². The first-order chi connectivity index (χ1) is 13.5. The molecule has 0 radical (unpaired) electrons. The number of ether oxygens (including phenoxy) is 1. The Labute approximate surface area is 166 Å². The quantitative estimate of drug-likeness (QED) is 0.629. The fraction of sp³-hybridized carbons (Fsp3) is 0.0476. The lowest BCUT2D eigenvalue weighted by molar-refractivity contribution is -0.118. The molecule has 0 aliphatic rings. The minimum Gasteiger partial charge on any atom is -0.483 e. The molecule has 0 atom stereocenters. The summed E-state index contributed by atoms with van der Waals surface area (Å²) in [5, 5.41) is 5.90. The SMILES string of the molecule is O=C(COc1ccccc1C(=O)Nc1ccc(F)cc1)Nc1ccc(Cl)cc1. The largest absolute Gasteiger partial charge is 0.483 e. The highest BCUT2D eigenvalue weighted by Crippen LogP contribution is 2.20. The topological polar surface area (TPSA) is 67.4 Å². The number of rotatable bonds is 6. The second kappa shape index (κ2) is 9.01. The molecule has 0 spiro atoms. The number of carbonyl (C=O) groups excluding carboxylic acids is 2. The van der Waals surface area contributed by atoms with Crippen molar-refractivity contribution in [3.05, 3.63) is 89.2 Å². The second-order valence-electron chi connectivity index (χ2n) is 5.80. The average Bonchev–Trinajstić information content (AvgIpc) is 2.70. The van der Waals surface area contributed by atoms with Gasteiger partial charge in [0.15, 0.2) is 6.61 Å². The van der Waals surface area contributed by atoms with Crippen LogP contribution in [0.15, 0.2) is 72.8 Å². The highest BCUT2D eigenvalue weighted by Gasteiger charge is 2.14. The third kappa shape index (κ3) is 5.31. The van der Waals surface area contributed by atoms with E-state index in [0.717, 1.165) is 0 Å². The molecule has 3 rings (SSSR count). The predicted octanol–water partition coefficient (Wildman–Crippen LogP) is 4.75. The number of para-hydroxylation sites is 1. The van der Waals surface area contributed by atoms with E-state index in [9.17, 15) is 14.0 Å². The van der Waals surface area contributed by atoms with Crippen LogP contribution in [0.4, 0.5) is 15.8 Å². The average molecular weight is 399 g/mol. The van der Waals surface area contributed by atoms with Crippen molar-refractivity contribution in [2.45, 2.75) is 0 Å². The molecule has 0 aliphatic carbocycles. The van der Waals surface area contributed by atoms with E-state index in [1.165, 1.54) is 24.3 Å². The van der Waals surface area contributed by atoms with E-state index in [0.29, 0.717) is 16.4 Å². The summed E-state index contributed by atoms with van der Waals surface area (Å²) >= 11 is 5.81. The fourth-order valence-electron chi connectivity index (χ4n) is 2.39. The number of benzene rings is 3. The maximum Gasteiger partial charge on any atom is 0.262 e. The predicted molar refractivity (Wildman–Crippen MR) is 106 cm³/mol. The summed E-state index contributed by atoms with van der Waals surface area (Å²) in [5.74, 6) is -0.946. The zero-order valence-electron chi connectivity index (χ0n) is 14.6. The van der Waals surface area contributed by atoms with Gasteiger partial charge in [-0.3, -0.25) is 9.59 Å². The van der Waals surface area contributed by atoms with Gasteiger partial charge >= 0.3 is 0 Å². The van der Waals surface area contributed by atoms with Crippen molar-refractivity contribution < 1.29 is 18.7 Å². The number of anilines is 2. The summed E-state index contributed by atoms with van der Waals surface area (Å²) in [7, 11) is 0. The van der Waals surface area contributed by atoms with Crippen molar-refractivity contribution in [3.63, 3.8) is 0 Å². The van der Waals surface area contributed by atoms with Crippen LogP contribution in [0.2, 0.25) is 5.02 Å². The van der Waals surface area contributed by atoms with Gasteiger partial charge in [-0.2, -0.15) is 0 Å². The van der Waals surface area contributed by atoms with Gasteiger partial charge in [-0.05, 0) is 60.7 Å². The van der Waals surface area contributed by atoms with Crippen LogP contribution in [0, 0.1) is 5.82 Å². The zero-order valence-corrected chi connectivity index (χ0v) is 15.4. The van der Waals surface area contributed by atoms with Crippen LogP contribution in [0.3, 0.4) is 0 Å². The molecule has 0 bridgehead atoms. The number of hydrogen-bond acceptors (Lipinski definition) is 3. The number of nitrogens with one attached hydrogen (secondary N) is 2.